The number of benzene rings is 1. The predicted molar refractivity (Wildman–Crippen MR) is 64.6 cm³/mol. The SMILES string of the molecule is N#Cc1cccc2c(C=O)c(I)sc12. The van der Waals surface area contributed by atoms with Crippen LogP contribution in [-0.4, -0.2) is 6.29 Å². The van der Waals surface area contributed by atoms with Gasteiger partial charge in [0.25, 0.3) is 0 Å². The Balaban J connectivity index is 2.94. The summed E-state index contributed by atoms with van der Waals surface area (Å²) in [6.07, 6.45) is 0.849. The zero-order valence-corrected chi connectivity index (χ0v) is 9.93. The van der Waals surface area contributed by atoms with Gasteiger partial charge in [0.2, 0.25) is 0 Å². The van der Waals surface area contributed by atoms with Crippen molar-refractivity contribution in [3.8, 4) is 6.07 Å². The number of aldehydes is 1. The number of nitriles is 1. The molecule has 0 aliphatic rings. The summed E-state index contributed by atoms with van der Waals surface area (Å²) in [5.74, 6) is 0. The maximum atomic E-state index is 10.8. The average molecular weight is 313 g/mol. The second-order valence-corrected chi connectivity index (χ2v) is 5.53. The van der Waals surface area contributed by atoms with Crippen LogP contribution in [0.2, 0.25) is 0 Å². The molecule has 0 amide bonds. The lowest BCUT2D eigenvalue weighted by atomic mass is 10.1. The molecule has 2 rings (SSSR count). The quantitative estimate of drug-likeness (QED) is 0.599. The van der Waals surface area contributed by atoms with Crippen molar-refractivity contribution < 1.29 is 4.79 Å². The molecule has 0 saturated carbocycles. The number of thiophene rings is 1. The van der Waals surface area contributed by atoms with Gasteiger partial charge in [-0.05, 0) is 28.7 Å². The minimum Gasteiger partial charge on any atom is -0.298 e. The third-order valence-electron chi connectivity index (χ3n) is 1.95. The second kappa shape index (κ2) is 3.67. The number of halogens is 1. The van der Waals surface area contributed by atoms with Crippen molar-refractivity contribution in [2.75, 3.05) is 0 Å². The van der Waals surface area contributed by atoms with Crippen LogP contribution < -0.4 is 0 Å². The Morgan fingerprint density at radius 3 is 2.93 bits per heavy atom. The van der Waals surface area contributed by atoms with Gasteiger partial charge in [0.1, 0.15) is 6.07 Å². The monoisotopic (exact) mass is 313 g/mol. The van der Waals surface area contributed by atoms with Gasteiger partial charge in [-0.15, -0.1) is 11.3 Å². The number of nitrogens with zero attached hydrogens (tertiary/aromatic N) is 1. The minimum atomic E-state index is 0.638. The number of fused-ring (bicyclic) bond motifs is 1. The Morgan fingerprint density at radius 1 is 1.50 bits per heavy atom. The van der Waals surface area contributed by atoms with Gasteiger partial charge < -0.3 is 0 Å². The smallest absolute Gasteiger partial charge is 0.152 e. The Bertz CT molecular complexity index is 553. The lowest BCUT2D eigenvalue weighted by Crippen LogP contribution is -1.79. The molecule has 0 bridgehead atoms. The zero-order valence-electron chi connectivity index (χ0n) is 6.95. The fraction of sp³-hybridized carbons (Fsp3) is 0. The first-order chi connectivity index (χ1) is 6.77. The maximum absolute atomic E-state index is 10.8. The molecule has 0 fully saturated rings. The lowest BCUT2D eigenvalue weighted by Gasteiger charge is -1.91. The van der Waals surface area contributed by atoms with Crippen molar-refractivity contribution >= 4 is 50.3 Å². The first kappa shape index (κ1) is 9.62. The van der Waals surface area contributed by atoms with Gasteiger partial charge in [0, 0.05) is 10.9 Å². The van der Waals surface area contributed by atoms with E-state index in [0.29, 0.717) is 11.1 Å². The summed E-state index contributed by atoms with van der Waals surface area (Å²) in [7, 11) is 0. The average Bonchev–Trinajstić information content (AvgIpc) is 2.52. The third kappa shape index (κ3) is 1.33. The summed E-state index contributed by atoms with van der Waals surface area (Å²) >= 11 is 3.61. The molecule has 0 radical (unpaired) electrons. The van der Waals surface area contributed by atoms with E-state index in [-0.39, 0.29) is 0 Å². The van der Waals surface area contributed by atoms with Crippen LogP contribution in [0, 0.1) is 14.2 Å². The van der Waals surface area contributed by atoms with E-state index in [0.717, 1.165) is 19.3 Å². The lowest BCUT2D eigenvalue weighted by molar-refractivity contribution is 0.112. The molecular formula is C10H4INOS. The van der Waals surface area contributed by atoms with Crippen molar-refractivity contribution in [3.63, 3.8) is 0 Å². The molecule has 68 valence electrons. The summed E-state index contributed by atoms with van der Waals surface area (Å²) in [5, 5.41) is 9.76. The van der Waals surface area contributed by atoms with Gasteiger partial charge in [0.15, 0.2) is 6.29 Å². The molecule has 0 atom stereocenters. The highest BCUT2D eigenvalue weighted by molar-refractivity contribution is 14.1. The molecule has 0 N–H and O–H groups in total. The van der Waals surface area contributed by atoms with Gasteiger partial charge in [-0.1, -0.05) is 12.1 Å². The van der Waals surface area contributed by atoms with Gasteiger partial charge >= 0.3 is 0 Å². The Morgan fingerprint density at radius 2 is 2.29 bits per heavy atom. The van der Waals surface area contributed by atoms with Crippen molar-refractivity contribution in [1.82, 2.24) is 0 Å². The molecular weight excluding hydrogens is 309 g/mol. The molecule has 2 nitrogen and oxygen atoms in total. The summed E-state index contributed by atoms with van der Waals surface area (Å²) in [4.78, 5) is 10.8. The Hall–Kier alpha value is -0.930. The van der Waals surface area contributed by atoms with Crippen molar-refractivity contribution in [3.05, 3.63) is 32.2 Å². The molecule has 1 aromatic carbocycles. The number of hydrogen-bond donors (Lipinski definition) is 0. The van der Waals surface area contributed by atoms with Crippen LogP contribution in [0.15, 0.2) is 18.2 Å². The molecule has 2 aromatic rings. The third-order valence-corrected chi connectivity index (χ3v) is 4.23. The van der Waals surface area contributed by atoms with E-state index < -0.39 is 0 Å². The minimum absolute atomic E-state index is 0.638. The van der Waals surface area contributed by atoms with Crippen LogP contribution in [-0.2, 0) is 0 Å². The highest BCUT2D eigenvalue weighted by Gasteiger charge is 2.11. The van der Waals surface area contributed by atoms with Crippen LogP contribution in [0.1, 0.15) is 15.9 Å². The first-order valence-corrected chi connectivity index (χ1v) is 5.73. The summed E-state index contributed by atoms with van der Waals surface area (Å²) in [6, 6.07) is 7.57. The zero-order chi connectivity index (χ0) is 10.1. The number of carbonyl (C=O) groups excluding carboxylic acids is 1. The molecule has 4 heteroatoms. The molecule has 14 heavy (non-hydrogen) atoms. The highest BCUT2D eigenvalue weighted by Crippen LogP contribution is 2.33. The fourth-order valence-electron chi connectivity index (χ4n) is 1.31. The van der Waals surface area contributed by atoms with Crippen molar-refractivity contribution in [1.29, 1.82) is 5.26 Å². The van der Waals surface area contributed by atoms with E-state index in [1.165, 1.54) is 11.3 Å². The molecule has 0 aliphatic heterocycles. The summed E-state index contributed by atoms with van der Waals surface area (Å²) < 4.78 is 1.84. The molecule has 1 aromatic heterocycles. The number of rotatable bonds is 1. The van der Waals surface area contributed by atoms with Crippen molar-refractivity contribution in [2.24, 2.45) is 0 Å². The van der Waals surface area contributed by atoms with E-state index in [1.807, 2.05) is 6.07 Å². The van der Waals surface area contributed by atoms with E-state index >= 15 is 0 Å². The fourth-order valence-corrected chi connectivity index (χ4v) is 3.34. The molecule has 0 aliphatic carbocycles. The van der Waals surface area contributed by atoms with Crippen molar-refractivity contribution in [2.45, 2.75) is 0 Å². The number of hydrogen-bond acceptors (Lipinski definition) is 3. The van der Waals surface area contributed by atoms with Gasteiger partial charge in [-0.3, -0.25) is 4.79 Å². The largest absolute Gasteiger partial charge is 0.298 e. The van der Waals surface area contributed by atoms with E-state index in [1.54, 1.807) is 12.1 Å². The number of carbonyl (C=O) groups is 1. The first-order valence-electron chi connectivity index (χ1n) is 3.84. The van der Waals surface area contributed by atoms with E-state index in [9.17, 15) is 4.79 Å². The topological polar surface area (TPSA) is 40.9 Å². The standard InChI is InChI=1S/C10H4INOS/c11-10-8(5-13)7-3-1-2-6(4-12)9(7)14-10/h1-3,5H. The highest BCUT2D eigenvalue weighted by atomic mass is 127. The van der Waals surface area contributed by atoms with Crippen LogP contribution in [0.5, 0.6) is 0 Å². The second-order valence-electron chi connectivity index (χ2n) is 2.70. The normalized spacial score (nSPS) is 10.0. The molecule has 1 heterocycles. The summed E-state index contributed by atoms with van der Waals surface area (Å²) in [6.45, 7) is 0. The predicted octanol–water partition coefficient (Wildman–Crippen LogP) is 3.19. The van der Waals surface area contributed by atoms with E-state index in [4.69, 9.17) is 5.26 Å². The van der Waals surface area contributed by atoms with Gasteiger partial charge in [-0.25, -0.2) is 0 Å². The van der Waals surface area contributed by atoms with Crippen LogP contribution in [0.4, 0.5) is 0 Å². The van der Waals surface area contributed by atoms with E-state index in [2.05, 4.69) is 28.7 Å². The summed E-state index contributed by atoms with van der Waals surface area (Å²) in [5.41, 5.74) is 1.33. The van der Waals surface area contributed by atoms with Crippen LogP contribution in [0.25, 0.3) is 10.1 Å². The molecule has 0 spiro atoms. The molecule has 0 unspecified atom stereocenters. The van der Waals surface area contributed by atoms with Gasteiger partial charge in [0.05, 0.1) is 13.1 Å². The van der Waals surface area contributed by atoms with Crippen LogP contribution >= 0.6 is 33.9 Å². The van der Waals surface area contributed by atoms with Gasteiger partial charge in [-0.2, -0.15) is 5.26 Å². The Labute approximate surface area is 98.3 Å². The Kier molecular flexibility index (Phi) is 2.52. The van der Waals surface area contributed by atoms with Crippen LogP contribution in [0.3, 0.4) is 0 Å². The maximum Gasteiger partial charge on any atom is 0.152 e. The molecule has 0 saturated heterocycles.